The van der Waals surface area contributed by atoms with Crippen molar-refractivity contribution in [3.8, 4) is 0 Å². The summed E-state index contributed by atoms with van der Waals surface area (Å²) < 4.78 is 13.2. The van der Waals surface area contributed by atoms with Crippen LogP contribution in [-0.4, -0.2) is 29.7 Å². The molecule has 12 heavy (non-hydrogen) atoms. The van der Waals surface area contributed by atoms with E-state index < -0.39 is 8.25 Å². The summed E-state index contributed by atoms with van der Waals surface area (Å²) >= 11 is 0. The van der Waals surface area contributed by atoms with Gasteiger partial charge in [0.2, 0.25) is 5.91 Å². The molecule has 0 aromatic heterocycles. The average Bonchev–Trinajstić information content (AvgIpc) is 2.06. The van der Waals surface area contributed by atoms with Crippen molar-refractivity contribution in [2.24, 2.45) is 0 Å². The number of rotatable bonds is 3. The molecule has 1 unspecified atom stereocenters. The summed E-state index contributed by atoms with van der Waals surface area (Å²) in [4.78, 5) is 17.8. The van der Waals surface area contributed by atoms with E-state index in [1.807, 2.05) is 0 Å². The topological polar surface area (TPSA) is 95.9 Å². The Balaban J connectivity index is 0. The first-order chi connectivity index (χ1) is 5.58. The number of hydrogen-bond donors (Lipinski definition) is 3. The fourth-order valence-electron chi connectivity index (χ4n) is 0.213. The lowest BCUT2D eigenvalue weighted by Crippen LogP contribution is -2.22. The third kappa shape index (κ3) is 16.3. The lowest BCUT2D eigenvalue weighted by molar-refractivity contribution is -0.121. The summed E-state index contributed by atoms with van der Waals surface area (Å²) in [6.45, 7) is 1.47. The van der Waals surface area contributed by atoms with Crippen LogP contribution in [-0.2, 0) is 13.9 Å². The van der Waals surface area contributed by atoms with Gasteiger partial charge in [-0.2, -0.15) is 0 Å². The van der Waals surface area contributed by atoms with Crippen LogP contribution >= 0.6 is 8.25 Å². The molecule has 0 aliphatic rings. The van der Waals surface area contributed by atoms with Crippen molar-refractivity contribution in [3.63, 3.8) is 0 Å². The SMILES string of the molecule is CCC(=O)NCO.CO[PH](=O)O. The van der Waals surface area contributed by atoms with E-state index in [2.05, 4.69) is 9.84 Å². The zero-order valence-corrected chi connectivity index (χ0v) is 8.03. The van der Waals surface area contributed by atoms with E-state index >= 15 is 0 Å². The number of aliphatic hydroxyl groups excluding tert-OH is 1. The maximum atomic E-state index is 10.1. The van der Waals surface area contributed by atoms with Crippen LogP contribution in [0.3, 0.4) is 0 Å². The number of hydrogen-bond acceptors (Lipinski definition) is 4. The molecule has 3 N–H and O–H groups in total. The van der Waals surface area contributed by atoms with Crippen LogP contribution in [0.25, 0.3) is 0 Å². The Labute approximate surface area is 71.5 Å². The lowest BCUT2D eigenvalue weighted by atomic mass is 10.5. The van der Waals surface area contributed by atoms with Gasteiger partial charge in [0.25, 0.3) is 0 Å². The van der Waals surface area contributed by atoms with E-state index in [1.54, 1.807) is 6.92 Å². The molecule has 0 aromatic rings. The second-order valence-corrected chi connectivity index (χ2v) is 2.52. The molecule has 0 aliphatic carbocycles. The third-order valence-corrected chi connectivity index (χ3v) is 1.12. The predicted octanol–water partition coefficient (Wildman–Crippen LogP) is -0.523. The van der Waals surface area contributed by atoms with E-state index in [0.717, 1.165) is 0 Å². The molecule has 1 amide bonds. The minimum atomic E-state index is -2.62. The predicted molar refractivity (Wildman–Crippen MR) is 43.7 cm³/mol. The molecule has 7 heteroatoms. The van der Waals surface area contributed by atoms with Crippen molar-refractivity contribution < 1.29 is 23.9 Å². The molecule has 0 spiro atoms. The van der Waals surface area contributed by atoms with Crippen LogP contribution < -0.4 is 5.32 Å². The van der Waals surface area contributed by atoms with Crippen molar-refractivity contribution in [2.45, 2.75) is 13.3 Å². The van der Waals surface area contributed by atoms with Gasteiger partial charge in [-0.15, -0.1) is 0 Å². The van der Waals surface area contributed by atoms with Crippen molar-refractivity contribution >= 4 is 14.2 Å². The van der Waals surface area contributed by atoms with E-state index in [9.17, 15) is 9.36 Å². The van der Waals surface area contributed by atoms with Crippen LogP contribution in [0.15, 0.2) is 0 Å². The number of amides is 1. The molecule has 1 atom stereocenters. The maximum absolute atomic E-state index is 10.1. The Hall–Kier alpha value is -0.420. The highest BCUT2D eigenvalue weighted by molar-refractivity contribution is 7.32. The second-order valence-electron chi connectivity index (χ2n) is 1.58. The molecule has 0 heterocycles. The van der Waals surface area contributed by atoms with E-state index in [0.29, 0.717) is 6.42 Å². The van der Waals surface area contributed by atoms with Gasteiger partial charge >= 0.3 is 8.25 Å². The monoisotopic (exact) mass is 199 g/mol. The summed E-state index contributed by atoms with van der Waals surface area (Å²) in [5.41, 5.74) is 0. The number of nitrogens with one attached hydrogen (secondary N) is 1. The molecule has 74 valence electrons. The third-order valence-electron chi connectivity index (χ3n) is 0.772. The van der Waals surface area contributed by atoms with Crippen LogP contribution in [0, 0.1) is 0 Å². The second kappa shape index (κ2) is 10.6. The Morgan fingerprint density at radius 2 is 2.08 bits per heavy atom. The minimum Gasteiger partial charge on any atom is -0.377 e. The Kier molecular flexibility index (Phi) is 12.5. The average molecular weight is 199 g/mol. The molecule has 0 saturated heterocycles. The van der Waals surface area contributed by atoms with Crippen LogP contribution in [0.4, 0.5) is 0 Å². The van der Waals surface area contributed by atoms with Gasteiger partial charge in [0.1, 0.15) is 6.73 Å². The fraction of sp³-hybridized carbons (Fsp3) is 0.800. The summed E-state index contributed by atoms with van der Waals surface area (Å²) in [5, 5.41) is 10.2. The van der Waals surface area contributed by atoms with Crippen molar-refractivity contribution in [1.29, 1.82) is 0 Å². The molecule has 0 aliphatic heterocycles. The van der Waals surface area contributed by atoms with Crippen molar-refractivity contribution in [3.05, 3.63) is 0 Å². The first-order valence-electron chi connectivity index (χ1n) is 3.22. The van der Waals surface area contributed by atoms with E-state index in [-0.39, 0.29) is 12.6 Å². The van der Waals surface area contributed by atoms with Gasteiger partial charge in [-0.1, -0.05) is 6.92 Å². The van der Waals surface area contributed by atoms with Crippen molar-refractivity contribution in [2.75, 3.05) is 13.8 Å². The summed E-state index contributed by atoms with van der Waals surface area (Å²) in [5.74, 6) is -0.123. The zero-order chi connectivity index (χ0) is 9.98. The maximum Gasteiger partial charge on any atom is 0.316 e. The summed E-state index contributed by atoms with van der Waals surface area (Å²) in [7, 11) is -1.44. The Morgan fingerprint density at radius 3 is 2.17 bits per heavy atom. The summed E-state index contributed by atoms with van der Waals surface area (Å²) in [6.07, 6.45) is 0.431. The first kappa shape index (κ1) is 14.1. The minimum absolute atomic E-state index is 0.123. The highest BCUT2D eigenvalue weighted by atomic mass is 31.1. The lowest BCUT2D eigenvalue weighted by Gasteiger charge is -1.93. The number of carbonyl (C=O) groups is 1. The quantitative estimate of drug-likeness (QED) is 0.419. The van der Waals surface area contributed by atoms with Crippen LogP contribution in [0.1, 0.15) is 13.3 Å². The summed E-state index contributed by atoms with van der Waals surface area (Å²) in [6, 6.07) is 0. The van der Waals surface area contributed by atoms with Gasteiger partial charge in [-0.25, -0.2) is 0 Å². The Bertz CT molecular complexity index is 140. The highest BCUT2D eigenvalue weighted by Crippen LogP contribution is 2.09. The van der Waals surface area contributed by atoms with E-state index in [1.165, 1.54) is 7.11 Å². The molecular formula is C5H14NO5P. The zero-order valence-electron chi connectivity index (χ0n) is 7.03. The van der Waals surface area contributed by atoms with Gasteiger partial charge in [0, 0.05) is 13.5 Å². The molecular weight excluding hydrogens is 185 g/mol. The normalized spacial score (nSPS) is 11.0. The fourth-order valence-corrected chi connectivity index (χ4v) is 0.213. The van der Waals surface area contributed by atoms with Crippen LogP contribution in [0.5, 0.6) is 0 Å². The molecule has 0 rings (SSSR count). The van der Waals surface area contributed by atoms with Crippen molar-refractivity contribution in [1.82, 2.24) is 5.32 Å². The molecule has 0 bridgehead atoms. The molecule has 0 radical (unpaired) electrons. The molecule has 6 nitrogen and oxygen atoms in total. The number of carbonyl (C=O) groups excluding carboxylic acids is 1. The molecule has 0 saturated carbocycles. The van der Waals surface area contributed by atoms with Crippen LogP contribution in [0.2, 0.25) is 0 Å². The largest absolute Gasteiger partial charge is 0.377 e. The van der Waals surface area contributed by atoms with Gasteiger partial charge in [0.05, 0.1) is 0 Å². The van der Waals surface area contributed by atoms with E-state index in [4.69, 9.17) is 10.00 Å². The molecule has 0 aromatic carbocycles. The van der Waals surface area contributed by atoms with Gasteiger partial charge in [-0.3, -0.25) is 9.36 Å². The number of aliphatic hydroxyl groups is 1. The standard InChI is InChI=1S/C4H9NO2.CH5O3P/c1-2-4(7)5-3-6;1-4-5(2)3/h6H,2-3H2,1H3,(H,5,7);5H,1H3,(H,2,3). The van der Waals surface area contributed by atoms with Gasteiger partial charge < -0.3 is 19.8 Å². The van der Waals surface area contributed by atoms with Gasteiger partial charge in [-0.05, 0) is 0 Å². The highest BCUT2D eigenvalue weighted by Gasteiger charge is 1.89. The smallest absolute Gasteiger partial charge is 0.316 e. The first-order valence-corrected chi connectivity index (χ1v) is 4.49. The Morgan fingerprint density at radius 1 is 1.67 bits per heavy atom. The molecule has 0 fully saturated rings. The van der Waals surface area contributed by atoms with Gasteiger partial charge in [0.15, 0.2) is 0 Å².